The number of hydrogen-bond acceptors (Lipinski definition) is 7. The van der Waals surface area contributed by atoms with E-state index in [4.69, 9.17) is 9.47 Å². The minimum absolute atomic E-state index is 0.0211. The Morgan fingerprint density at radius 1 is 1.21 bits per heavy atom. The number of benzene rings is 1. The SMILES string of the molecule is CCCOc1cc(NC(=O)C2=NN(C)C(=O)CC2)c([N+](=O)[O-])cc1OCCC. The number of carbonyl (C=O) groups excluding carboxylic acids is 2. The van der Waals surface area contributed by atoms with E-state index in [9.17, 15) is 19.7 Å². The lowest BCUT2D eigenvalue weighted by Gasteiger charge is -2.19. The first-order valence-corrected chi connectivity index (χ1v) is 9.10. The van der Waals surface area contributed by atoms with Crippen molar-refractivity contribution < 1.29 is 24.0 Å². The van der Waals surface area contributed by atoms with Crippen LogP contribution in [0.3, 0.4) is 0 Å². The quantitative estimate of drug-likeness (QED) is 0.509. The van der Waals surface area contributed by atoms with Gasteiger partial charge in [0.2, 0.25) is 5.91 Å². The summed E-state index contributed by atoms with van der Waals surface area (Å²) in [5, 5.41) is 19.0. The molecule has 1 aromatic carbocycles. The molecule has 0 bridgehead atoms. The minimum Gasteiger partial charge on any atom is -0.490 e. The molecule has 0 spiro atoms. The number of carbonyl (C=O) groups is 2. The summed E-state index contributed by atoms with van der Waals surface area (Å²) in [5.41, 5.74) is -0.213. The fraction of sp³-hybridized carbons (Fsp3) is 0.500. The molecule has 10 heteroatoms. The van der Waals surface area contributed by atoms with Crippen molar-refractivity contribution in [3.63, 3.8) is 0 Å². The van der Waals surface area contributed by atoms with Crippen molar-refractivity contribution in [3.05, 3.63) is 22.2 Å². The molecule has 0 aromatic heterocycles. The highest BCUT2D eigenvalue weighted by molar-refractivity contribution is 6.43. The number of hydrogen-bond donors (Lipinski definition) is 1. The first-order valence-electron chi connectivity index (χ1n) is 9.10. The van der Waals surface area contributed by atoms with Gasteiger partial charge in [0, 0.05) is 26.0 Å². The average molecular weight is 392 g/mol. The van der Waals surface area contributed by atoms with E-state index in [2.05, 4.69) is 10.4 Å². The van der Waals surface area contributed by atoms with Gasteiger partial charge in [-0.15, -0.1) is 0 Å². The Morgan fingerprint density at radius 3 is 2.36 bits per heavy atom. The van der Waals surface area contributed by atoms with Gasteiger partial charge in [-0.1, -0.05) is 13.8 Å². The molecule has 0 saturated heterocycles. The predicted octanol–water partition coefficient (Wildman–Crippen LogP) is 2.72. The van der Waals surface area contributed by atoms with Crippen LogP contribution in [0.4, 0.5) is 11.4 Å². The van der Waals surface area contributed by atoms with Crippen LogP contribution >= 0.6 is 0 Å². The van der Waals surface area contributed by atoms with Crippen LogP contribution in [0.2, 0.25) is 0 Å². The van der Waals surface area contributed by atoms with Crippen LogP contribution in [0.15, 0.2) is 17.2 Å². The molecule has 2 amide bonds. The zero-order valence-corrected chi connectivity index (χ0v) is 16.2. The monoisotopic (exact) mass is 392 g/mol. The third kappa shape index (κ3) is 5.18. The van der Waals surface area contributed by atoms with Crippen LogP contribution in [0, 0.1) is 10.1 Å². The Hall–Kier alpha value is -3.17. The van der Waals surface area contributed by atoms with Crippen molar-refractivity contribution >= 4 is 28.9 Å². The van der Waals surface area contributed by atoms with Crippen molar-refractivity contribution in [2.75, 3.05) is 25.6 Å². The first kappa shape index (κ1) is 21.1. The number of ether oxygens (including phenoxy) is 2. The number of nitrogens with one attached hydrogen (secondary N) is 1. The Labute approximate surface area is 162 Å². The summed E-state index contributed by atoms with van der Waals surface area (Å²) >= 11 is 0. The van der Waals surface area contributed by atoms with Gasteiger partial charge in [0.15, 0.2) is 11.5 Å². The molecule has 1 aromatic rings. The second-order valence-corrected chi connectivity index (χ2v) is 6.19. The van der Waals surface area contributed by atoms with E-state index in [1.165, 1.54) is 19.2 Å². The molecule has 152 valence electrons. The zero-order valence-electron chi connectivity index (χ0n) is 16.2. The maximum Gasteiger partial charge on any atom is 0.296 e. The summed E-state index contributed by atoms with van der Waals surface area (Å²) in [6.07, 6.45) is 1.79. The van der Waals surface area contributed by atoms with Gasteiger partial charge in [0.1, 0.15) is 11.4 Å². The topological polar surface area (TPSA) is 123 Å². The van der Waals surface area contributed by atoms with E-state index in [1.807, 2.05) is 13.8 Å². The highest BCUT2D eigenvalue weighted by Crippen LogP contribution is 2.38. The Balaban J connectivity index is 2.35. The van der Waals surface area contributed by atoms with E-state index in [1.54, 1.807) is 0 Å². The molecule has 0 atom stereocenters. The molecule has 0 saturated carbocycles. The van der Waals surface area contributed by atoms with E-state index in [0.717, 1.165) is 17.9 Å². The first-order chi connectivity index (χ1) is 13.4. The molecule has 0 unspecified atom stereocenters. The Bertz CT molecular complexity index is 793. The van der Waals surface area contributed by atoms with Gasteiger partial charge >= 0.3 is 0 Å². The Morgan fingerprint density at radius 2 is 1.82 bits per heavy atom. The second kappa shape index (κ2) is 9.67. The maximum absolute atomic E-state index is 12.5. The van der Waals surface area contributed by atoms with Crippen LogP contribution in [-0.4, -0.2) is 47.7 Å². The number of nitro groups is 1. The van der Waals surface area contributed by atoms with E-state index in [-0.39, 0.29) is 41.6 Å². The number of hydrazone groups is 1. The molecular weight excluding hydrogens is 368 g/mol. The van der Waals surface area contributed by atoms with Gasteiger partial charge in [-0.3, -0.25) is 19.7 Å². The number of nitrogens with zero attached hydrogens (tertiary/aromatic N) is 3. The Kier molecular flexibility index (Phi) is 7.30. The van der Waals surface area contributed by atoms with Gasteiger partial charge in [-0.25, -0.2) is 5.01 Å². The second-order valence-electron chi connectivity index (χ2n) is 6.19. The maximum atomic E-state index is 12.5. The van der Waals surface area contributed by atoms with E-state index >= 15 is 0 Å². The smallest absolute Gasteiger partial charge is 0.296 e. The summed E-state index contributed by atoms with van der Waals surface area (Å²) in [6, 6.07) is 2.63. The summed E-state index contributed by atoms with van der Waals surface area (Å²) < 4.78 is 11.2. The lowest BCUT2D eigenvalue weighted by atomic mass is 10.1. The molecule has 1 heterocycles. The molecule has 0 aliphatic carbocycles. The largest absolute Gasteiger partial charge is 0.490 e. The number of rotatable bonds is 9. The molecule has 1 aliphatic rings. The van der Waals surface area contributed by atoms with Gasteiger partial charge in [0.25, 0.3) is 11.6 Å². The van der Waals surface area contributed by atoms with Crippen molar-refractivity contribution in [2.45, 2.75) is 39.5 Å². The molecule has 1 N–H and O–H groups in total. The molecule has 0 radical (unpaired) electrons. The van der Waals surface area contributed by atoms with Gasteiger partial charge in [0.05, 0.1) is 24.2 Å². The summed E-state index contributed by atoms with van der Waals surface area (Å²) in [5.74, 6) is -0.240. The fourth-order valence-corrected chi connectivity index (χ4v) is 2.48. The summed E-state index contributed by atoms with van der Waals surface area (Å²) in [7, 11) is 1.45. The third-order valence-corrected chi connectivity index (χ3v) is 3.90. The average Bonchev–Trinajstić information content (AvgIpc) is 2.67. The standard InChI is InChI=1S/C18H24N4O6/c1-4-8-27-15-10-13(14(22(25)26)11-16(15)28-9-5-2)19-18(24)12-6-7-17(23)21(3)20-12/h10-11H,4-9H2,1-3H3,(H,19,24). The van der Waals surface area contributed by atoms with Crippen molar-refractivity contribution in [3.8, 4) is 11.5 Å². The summed E-state index contributed by atoms with van der Waals surface area (Å²) in [4.78, 5) is 34.9. The lowest BCUT2D eigenvalue weighted by molar-refractivity contribution is -0.384. The highest BCUT2D eigenvalue weighted by Gasteiger charge is 2.26. The molecule has 10 nitrogen and oxygen atoms in total. The highest BCUT2D eigenvalue weighted by atomic mass is 16.6. The molecular formula is C18H24N4O6. The van der Waals surface area contributed by atoms with Crippen molar-refractivity contribution in [1.82, 2.24) is 5.01 Å². The summed E-state index contributed by atoms with van der Waals surface area (Å²) in [6.45, 7) is 4.62. The van der Waals surface area contributed by atoms with Crippen molar-refractivity contribution in [1.29, 1.82) is 0 Å². The molecule has 1 aliphatic heterocycles. The predicted molar refractivity (Wildman–Crippen MR) is 103 cm³/mol. The molecule has 28 heavy (non-hydrogen) atoms. The van der Waals surface area contributed by atoms with Gasteiger partial charge in [-0.2, -0.15) is 5.10 Å². The molecule has 0 fully saturated rings. The van der Waals surface area contributed by atoms with Gasteiger partial charge < -0.3 is 14.8 Å². The van der Waals surface area contributed by atoms with Crippen molar-refractivity contribution in [2.24, 2.45) is 5.10 Å². The van der Waals surface area contributed by atoms with Crippen LogP contribution in [0.25, 0.3) is 0 Å². The van der Waals surface area contributed by atoms with Crippen LogP contribution < -0.4 is 14.8 Å². The zero-order chi connectivity index (χ0) is 20.7. The lowest BCUT2D eigenvalue weighted by Crippen LogP contribution is -2.34. The van der Waals surface area contributed by atoms with Gasteiger partial charge in [-0.05, 0) is 12.8 Å². The normalized spacial score (nSPS) is 13.8. The van der Waals surface area contributed by atoms with Crippen LogP contribution in [0.5, 0.6) is 11.5 Å². The number of amides is 2. The van der Waals surface area contributed by atoms with Crippen LogP contribution in [-0.2, 0) is 9.59 Å². The number of anilines is 1. The van der Waals surface area contributed by atoms with E-state index < -0.39 is 10.8 Å². The van der Waals surface area contributed by atoms with Crippen LogP contribution in [0.1, 0.15) is 39.5 Å². The minimum atomic E-state index is -0.605. The fourth-order valence-electron chi connectivity index (χ4n) is 2.48. The molecule has 2 rings (SSSR count). The number of nitro benzene ring substituents is 1. The third-order valence-electron chi connectivity index (χ3n) is 3.90. The van der Waals surface area contributed by atoms with E-state index in [0.29, 0.717) is 19.0 Å².